The molecule has 1 fully saturated rings. The minimum absolute atomic E-state index is 0. The maximum absolute atomic E-state index is 12.7. The van der Waals surface area contributed by atoms with Gasteiger partial charge in [-0.3, -0.25) is 9.59 Å². The van der Waals surface area contributed by atoms with Gasteiger partial charge in [0.1, 0.15) is 23.1 Å². The summed E-state index contributed by atoms with van der Waals surface area (Å²) in [6.07, 6.45) is 0. The maximum Gasteiger partial charge on any atom is 0.272 e. The average Bonchev–Trinajstić information content (AvgIpc) is 2.87. The summed E-state index contributed by atoms with van der Waals surface area (Å²) in [5.41, 5.74) is 9.02. The predicted octanol–water partition coefficient (Wildman–Crippen LogP) is 3.14. The van der Waals surface area contributed by atoms with Gasteiger partial charge in [-0.25, -0.2) is 15.0 Å². The Morgan fingerprint density at radius 1 is 1.14 bits per heavy atom. The van der Waals surface area contributed by atoms with Gasteiger partial charge >= 0.3 is 0 Å². The van der Waals surface area contributed by atoms with Gasteiger partial charge in [-0.2, -0.15) is 5.26 Å². The van der Waals surface area contributed by atoms with Gasteiger partial charge in [-0.1, -0.05) is 30.0 Å². The van der Waals surface area contributed by atoms with Crippen molar-refractivity contribution in [3.63, 3.8) is 0 Å². The van der Waals surface area contributed by atoms with Crippen molar-refractivity contribution in [2.24, 2.45) is 0 Å². The molecule has 0 unspecified atom stereocenters. The van der Waals surface area contributed by atoms with Gasteiger partial charge in [0, 0.05) is 37.0 Å². The molecule has 1 aliphatic heterocycles. The van der Waals surface area contributed by atoms with E-state index in [1.807, 2.05) is 6.07 Å². The third-order valence-corrected chi connectivity index (χ3v) is 6.06. The lowest BCUT2D eigenvalue weighted by atomic mass is 10.1. The third-order valence-electron chi connectivity index (χ3n) is 5.18. The Labute approximate surface area is 218 Å². The van der Waals surface area contributed by atoms with E-state index in [2.05, 4.69) is 26.3 Å². The molecule has 1 aliphatic rings. The lowest BCUT2D eigenvalue weighted by molar-refractivity contribution is -0.114. The number of carbonyl (C=O) groups excluding carboxylic acids is 2. The number of thioether (sulfide) groups is 1. The first-order chi connectivity index (χ1) is 16.9. The van der Waals surface area contributed by atoms with Crippen LogP contribution >= 0.6 is 24.2 Å². The van der Waals surface area contributed by atoms with Crippen molar-refractivity contribution in [1.29, 1.82) is 5.26 Å². The molecular formula is C24H24ClN7O3S. The Bertz CT molecular complexity index is 1290. The second-order valence-corrected chi connectivity index (χ2v) is 8.64. The number of hydrogen-bond acceptors (Lipinski definition) is 9. The first-order valence-corrected chi connectivity index (χ1v) is 11.8. The van der Waals surface area contributed by atoms with Crippen LogP contribution in [-0.4, -0.2) is 58.0 Å². The van der Waals surface area contributed by atoms with Crippen molar-refractivity contribution in [2.75, 3.05) is 37.4 Å². The zero-order chi connectivity index (χ0) is 24.8. The zero-order valence-electron chi connectivity index (χ0n) is 19.4. The van der Waals surface area contributed by atoms with E-state index in [0.717, 1.165) is 0 Å². The number of pyridine rings is 1. The number of anilines is 2. The fourth-order valence-electron chi connectivity index (χ4n) is 3.50. The SMILES string of the molecule is CC(=O)Nc1ccc(-c2nc(SCc3cccc(C(=O)N4CCOCC4)n3)nc(N)c2C#N)cc1.Cl. The summed E-state index contributed by atoms with van der Waals surface area (Å²) in [7, 11) is 0. The molecule has 0 spiro atoms. The monoisotopic (exact) mass is 525 g/mol. The molecule has 2 aromatic heterocycles. The molecule has 12 heteroatoms. The van der Waals surface area contributed by atoms with Crippen LogP contribution in [0.2, 0.25) is 0 Å². The normalized spacial score (nSPS) is 12.8. The first kappa shape index (κ1) is 26.9. The fraction of sp³-hybridized carbons (Fsp3) is 0.250. The summed E-state index contributed by atoms with van der Waals surface area (Å²) in [6, 6.07) is 14.4. The van der Waals surface area contributed by atoms with E-state index in [-0.39, 0.29) is 35.6 Å². The molecule has 0 aliphatic carbocycles. The standard InChI is InChI=1S/C24H23N7O3S.ClH/c1-15(32)27-17-7-5-16(6-8-17)21-19(13-25)22(26)30-24(29-21)35-14-18-3-2-4-20(28-18)23(33)31-9-11-34-12-10-31;/h2-8H,9-12,14H2,1H3,(H,27,32)(H2,26,29,30);1H. The van der Waals surface area contributed by atoms with Gasteiger partial charge in [0.05, 0.1) is 24.6 Å². The molecule has 0 radical (unpaired) electrons. The second-order valence-electron chi connectivity index (χ2n) is 7.69. The molecule has 1 saturated heterocycles. The first-order valence-electron chi connectivity index (χ1n) is 10.9. The fourth-order valence-corrected chi connectivity index (χ4v) is 4.26. The number of nitrogens with zero attached hydrogens (tertiary/aromatic N) is 5. The Morgan fingerprint density at radius 3 is 2.53 bits per heavy atom. The number of morpholine rings is 1. The van der Waals surface area contributed by atoms with Gasteiger partial charge in [0.15, 0.2) is 5.16 Å². The summed E-state index contributed by atoms with van der Waals surface area (Å²) < 4.78 is 5.31. The number of ether oxygens (including phenoxy) is 1. The Balaban J connectivity index is 0.00000361. The van der Waals surface area contributed by atoms with Crippen LogP contribution in [0.25, 0.3) is 11.3 Å². The van der Waals surface area contributed by atoms with Crippen LogP contribution in [0.1, 0.15) is 28.7 Å². The summed E-state index contributed by atoms with van der Waals surface area (Å²) in [6.45, 7) is 3.58. The smallest absolute Gasteiger partial charge is 0.272 e. The number of rotatable bonds is 6. The van der Waals surface area contributed by atoms with Gasteiger partial charge in [0.2, 0.25) is 5.91 Å². The molecule has 4 rings (SSSR count). The van der Waals surface area contributed by atoms with Crippen molar-refractivity contribution >= 4 is 47.5 Å². The van der Waals surface area contributed by atoms with Crippen LogP contribution in [0.3, 0.4) is 0 Å². The lowest BCUT2D eigenvalue weighted by Gasteiger charge is -2.26. The Kier molecular flexibility index (Phi) is 9.19. The van der Waals surface area contributed by atoms with Gasteiger partial charge in [-0.15, -0.1) is 12.4 Å². The largest absolute Gasteiger partial charge is 0.382 e. The highest BCUT2D eigenvalue weighted by molar-refractivity contribution is 7.98. The third kappa shape index (κ3) is 6.48. The number of nitrogens with two attached hydrogens (primary N) is 1. The number of nitriles is 1. The average molecular weight is 526 g/mol. The lowest BCUT2D eigenvalue weighted by Crippen LogP contribution is -2.41. The van der Waals surface area contributed by atoms with Crippen molar-refractivity contribution in [2.45, 2.75) is 17.8 Å². The van der Waals surface area contributed by atoms with Crippen LogP contribution < -0.4 is 11.1 Å². The van der Waals surface area contributed by atoms with Crippen molar-refractivity contribution < 1.29 is 14.3 Å². The van der Waals surface area contributed by atoms with E-state index in [9.17, 15) is 14.9 Å². The van der Waals surface area contributed by atoms with E-state index in [0.29, 0.717) is 65.5 Å². The number of benzene rings is 1. The number of carbonyl (C=O) groups is 2. The number of amides is 2. The topological polar surface area (TPSA) is 147 Å². The van der Waals surface area contributed by atoms with Crippen LogP contribution in [0, 0.1) is 11.3 Å². The molecule has 36 heavy (non-hydrogen) atoms. The summed E-state index contributed by atoms with van der Waals surface area (Å²) in [5, 5.41) is 12.7. The van der Waals surface area contributed by atoms with Gasteiger partial charge in [0.25, 0.3) is 5.91 Å². The van der Waals surface area contributed by atoms with Gasteiger partial charge in [-0.05, 0) is 24.3 Å². The van der Waals surface area contributed by atoms with Crippen LogP contribution in [0.5, 0.6) is 0 Å². The van der Waals surface area contributed by atoms with E-state index in [4.69, 9.17) is 10.5 Å². The van der Waals surface area contributed by atoms with Crippen molar-refractivity contribution in [1.82, 2.24) is 19.9 Å². The minimum atomic E-state index is -0.176. The number of halogens is 1. The van der Waals surface area contributed by atoms with Crippen molar-refractivity contribution in [3.8, 4) is 17.3 Å². The number of nitrogen functional groups attached to an aromatic ring is 1. The Morgan fingerprint density at radius 2 is 1.86 bits per heavy atom. The highest BCUT2D eigenvalue weighted by Crippen LogP contribution is 2.29. The molecule has 1 aromatic carbocycles. The second kappa shape index (κ2) is 12.3. The number of nitrogens with one attached hydrogen (secondary N) is 1. The zero-order valence-corrected chi connectivity index (χ0v) is 21.1. The summed E-state index contributed by atoms with van der Waals surface area (Å²) >= 11 is 1.31. The van der Waals surface area contributed by atoms with Crippen molar-refractivity contribution in [3.05, 3.63) is 59.4 Å². The molecule has 0 bridgehead atoms. The highest BCUT2D eigenvalue weighted by Gasteiger charge is 2.20. The van der Waals surface area contributed by atoms with E-state index < -0.39 is 0 Å². The van der Waals surface area contributed by atoms with E-state index in [1.165, 1.54) is 18.7 Å². The molecule has 3 heterocycles. The quantitative estimate of drug-likeness (QED) is 0.365. The maximum atomic E-state index is 12.7. The molecule has 10 nitrogen and oxygen atoms in total. The molecular weight excluding hydrogens is 502 g/mol. The molecule has 3 aromatic rings. The minimum Gasteiger partial charge on any atom is -0.382 e. The van der Waals surface area contributed by atoms with Crippen LogP contribution in [-0.2, 0) is 15.3 Å². The molecule has 2 amide bonds. The number of hydrogen-bond donors (Lipinski definition) is 2. The van der Waals surface area contributed by atoms with Crippen LogP contribution in [0.4, 0.5) is 11.5 Å². The van der Waals surface area contributed by atoms with Crippen LogP contribution in [0.15, 0.2) is 47.6 Å². The molecule has 186 valence electrons. The Hall–Kier alpha value is -3.72. The molecule has 0 atom stereocenters. The van der Waals surface area contributed by atoms with Gasteiger partial charge < -0.3 is 20.7 Å². The molecule has 0 saturated carbocycles. The summed E-state index contributed by atoms with van der Waals surface area (Å²) in [4.78, 5) is 39.1. The molecule has 3 N–H and O–H groups in total. The highest BCUT2D eigenvalue weighted by atomic mass is 35.5. The predicted molar refractivity (Wildman–Crippen MR) is 139 cm³/mol. The van der Waals surface area contributed by atoms with E-state index >= 15 is 0 Å². The number of aromatic nitrogens is 3. The summed E-state index contributed by atoms with van der Waals surface area (Å²) in [5.74, 6) is 0.195. The van der Waals surface area contributed by atoms with E-state index in [1.54, 1.807) is 41.3 Å².